The molecule has 0 amide bonds. The molecule has 1 spiro atoms. The molecule has 1 aliphatic heterocycles. The molecule has 5 aliphatic rings. The maximum atomic E-state index is 13.5. The van der Waals surface area contributed by atoms with Crippen LogP contribution in [0.4, 0.5) is 0 Å². The van der Waals surface area contributed by atoms with Crippen molar-refractivity contribution in [1.82, 2.24) is 0 Å². The molecule has 5 nitrogen and oxygen atoms in total. The van der Waals surface area contributed by atoms with Gasteiger partial charge >= 0.3 is 11.9 Å². The summed E-state index contributed by atoms with van der Waals surface area (Å²) in [6.45, 7) is 2.01. The van der Waals surface area contributed by atoms with E-state index in [9.17, 15) is 19.5 Å². The summed E-state index contributed by atoms with van der Waals surface area (Å²) in [5, 5.41) is 9.91. The second kappa shape index (κ2) is 5.93. The summed E-state index contributed by atoms with van der Waals surface area (Å²) >= 11 is 0. The lowest BCUT2D eigenvalue weighted by Crippen LogP contribution is -2.62. The number of carboxylic acids is 1. The lowest BCUT2D eigenvalue weighted by molar-refractivity contribution is -0.174. The van der Waals surface area contributed by atoms with Gasteiger partial charge in [-0.1, -0.05) is 31.6 Å². The van der Waals surface area contributed by atoms with Crippen LogP contribution in [-0.2, 0) is 19.1 Å². The quantitative estimate of drug-likeness (QED) is 0.763. The summed E-state index contributed by atoms with van der Waals surface area (Å²) < 4.78 is 5.97. The van der Waals surface area contributed by atoms with Gasteiger partial charge in [0.1, 0.15) is 11.2 Å². The van der Waals surface area contributed by atoms with Crippen LogP contribution in [0.25, 0.3) is 0 Å². The Bertz CT molecular complexity index is 786. The van der Waals surface area contributed by atoms with Crippen molar-refractivity contribution >= 4 is 17.7 Å². The highest BCUT2D eigenvalue weighted by Gasteiger charge is 2.70. The summed E-state index contributed by atoms with van der Waals surface area (Å²) in [6, 6.07) is 0. The van der Waals surface area contributed by atoms with Crippen LogP contribution in [0.5, 0.6) is 0 Å². The Morgan fingerprint density at radius 2 is 2.19 bits per heavy atom. The predicted molar refractivity (Wildman–Crippen MR) is 94.2 cm³/mol. The zero-order valence-corrected chi connectivity index (χ0v) is 15.0. The number of Topliss-reactive ketones (excluding diaryl/α,β-unsaturated/α-hetero) is 1. The minimum atomic E-state index is -1.24. The third-order valence-corrected chi connectivity index (χ3v) is 6.60. The largest absolute Gasteiger partial charge is 0.478 e. The number of ketones is 1. The second-order valence-electron chi connectivity index (χ2n) is 7.87. The smallest absolute Gasteiger partial charge is 0.339 e. The number of carbonyl (C=O) groups excluding carboxylic acids is 2. The third-order valence-electron chi connectivity index (χ3n) is 6.60. The molecule has 3 atom stereocenters. The highest BCUT2D eigenvalue weighted by molar-refractivity contribution is 6.05. The van der Waals surface area contributed by atoms with E-state index in [2.05, 4.69) is 0 Å². The van der Waals surface area contributed by atoms with E-state index in [4.69, 9.17) is 4.74 Å². The zero-order valence-electron chi connectivity index (χ0n) is 15.0. The number of fused-ring (bicyclic) bond motifs is 1. The first-order valence-electron chi connectivity index (χ1n) is 9.58. The van der Waals surface area contributed by atoms with Crippen molar-refractivity contribution in [3.05, 3.63) is 34.9 Å². The summed E-state index contributed by atoms with van der Waals surface area (Å²) in [5.41, 5.74) is -0.791. The van der Waals surface area contributed by atoms with Gasteiger partial charge in [0.2, 0.25) is 0 Å². The average Bonchev–Trinajstić information content (AvgIpc) is 2.92. The van der Waals surface area contributed by atoms with Crippen LogP contribution in [0.1, 0.15) is 58.3 Å². The molecular formula is C21H24O5. The Hall–Kier alpha value is -2.17. The SMILES string of the molecule is CCCCC(=O)[C@]12CC[C@H](C=C1C(=O)O)C[C@@]21OC(=O)C2=C1CCC=C2. The number of allylic oxidation sites excluding steroid dienone is 2. The summed E-state index contributed by atoms with van der Waals surface area (Å²) in [4.78, 5) is 38.2. The predicted octanol–water partition coefficient (Wildman–Crippen LogP) is 3.50. The number of unbranched alkanes of at least 4 members (excludes halogenated alkanes) is 1. The molecule has 5 heteroatoms. The molecule has 0 saturated heterocycles. The monoisotopic (exact) mass is 356 g/mol. The number of esters is 1. The van der Waals surface area contributed by atoms with Crippen molar-refractivity contribution in [3.63, 3.8) is 0 Å². The van der Waals surface area contributed by atoms with Gasteiger partial charge in [-0.2, -0.15) is 0 Å². The molecule has 0 aromatic carbocycles. The summed E-state index contributed by atoms with van der Waals surface area (Å²) in [6.07, 6.45) is 10.6. The molecule has 5 rings (SSSR count). The topological polar surface area (TPSA) is 80.7 Å². The molecular weight excluding hydrogens is 332 g/mol. The maximum Gasteiger partial charge on any atom is 0.339 e. The van der Waals surface area contributed by atoms with E-state index in [1.807, 2.05) is 13.0 Å². The number of rotatable bonds is 5. The highest BCUT2D eigenvalue weighted by atomic mass is 16.6. The van der Waals surface area contributed by atoms with Gasteiger partial charge < -0.3 is 9.84 Å². The number of aliphatic carboxylic acids is 1. The molecule has 1 heterocycles. The van der Waals surface area contributed by atoms with Crippen LogP contribution in [-0.4, -0.2) is 28.4 Å². The molecule has 0 aromatic heterocycles. The van der Waals surface area contributed by atoms with Crippen molar-refractivity contribution in [2.75, 3.05) is 0 Å². The standard InChI is InChI=1S/C21H24O5/c1-2-3-8-17(22)20-10-9-13(11-16(20)18(23)24)12-21(20)15-7-5-4-6-14(15)19(25)26-21/h4,6,11,13H,2-3,5,7-10,12H2,1H3,(H,23,24)/t13-,20+,21+/m1/s1. The lowest BCUT2D eigenvalue weighted by Gasteiger charge is -2.56. The Morgan fingerprint density at radius 3 is 2.92 bits per heavy atom. The van der Waals surface area contributed by atoms with Gasteiger partial charge in [-0.15, -0.1) is 0 Å². The Kier molecular flexibility index (Phi) is 3.94. The van der Waals surface area contributed by atoms with Crippen LogP contribution >= 0.6 is 0 Å². The minimum absolute atomic E-state index is 0.0347. The molecule has 0 aromatic rings. The van der Waals surface area contributed by atoms with Crippen LogP contribution in [0, 0.1) is 11.3 Å². The normalized spacial score (nSPS) is 34.7. The van der Waals surface area contributed by atoms with Crippen molar-refractivity contribution in [2.24, 2.45) is 11.3 Å². The molecule has 138 valence electrons. The minimum Gasteiger partial charge on any atom is -0.478 e. The number of hydrogen-bond acceptors (Lipinski definition) is 4. The van der Waals surface area contributed by atoms with E-state index in [0.717, 1.165) is 24.8 Å². The van der Waals surface area contributed by atoms with Crippen molar-refractivity contribution in [1.29, 1.82) is 0 Å². The van der Waals surface area contributed by atoms with Gasteiger partial charge in [0.15, 0.2) is 5.60 Å². The number of carboxylic acid groups (broad SMARTS) is 1. The first kappa shape index (κ1) is 17.3. The molecule has 1 saturated carbocycles. The first-order chi connectivity index (χ1) is 12.5. The molecule has 0 radical (unpaired) electrons. The molecule has 1 fully saturated rings. The molecule has 4 aliphatic carbocycles. The fourth-order valence-electron chi connectivity index (χ4n) is 5.50. The average molecular weight is 356 g/mol. The lowest BCUT2D eigenvalue weighted by atomic mass is 9.48. The molecule has 0 unspecified atom stereocenters. The van der Waals surface area contributed by atoms with Gasteiger partial charge in [0, 0.05) is 6.42 Å². The highest BCUT2D eigenvalue weighted by Crippen LogP contribution is 2.64. The fraction of sp³-hybridized carbons (Fsp3) is 0.571. The molecule has 2 bridgehead atoms. The summed E-state index contributed by atoms with van der Waals surface area (Å²) in [5.74, 6) is -1.51. The van der Waals surface area contributed by atoms with E-state index in [1.54, 1.807) is 12.2 Å². The van der Waals surface area contributed by atoms with Crippen molar-refractivity contribution < 1.29 is 24.2 Å². The van der Waals surface area contributed by atoms with Crippen LogP contribution in [0.2, 0.25) is 0 Å². The van der Waals surface area contributed by atoms with E-state index in [0.29, 0.717) is 37.7 Å². The van der Waals surface area contributed by atoms with Crippen molar-refractivity contribution in [3.8, 4) is 0 Å². The van der Waals surface area contributed by atoms with Gasteiger partial charge in [0.05, 0.1) is 11.1 Å². The van der Waals surface area contributed by atoms with Gasteiger partial charge in [-0.05, 0) is 50.0 Å². The van der Waals surface area contributed by atoms with Crippen LogP contribution < -0.4 is 0 Å². The number of ether oxygens (including phenoxy) is 1. The van der Waals surface area contributed by atoms with E-state index >= 15 is 0 Å². The fourth-order valence-corrected chi connectivity index (χ4v) is 5.50. The van der Waals surface area contributed by atoms with E-state index in [1.165, 1.54) is 0 Å². The van der Waals surface area contributed by atoms with Crippen LogP contribution in [0.3, 0.4) is 0 Å². The van der Waals surface area contributed by atoms with E-state index < -0.39 is 23.0 Å². The van der Waals surface area contributed by atoms with Crippen molar-refractivity contribution in [2.45, 2.75) is 63.9 Å². The van der Waals surface area contributed by atoms with E-state index in [-0.39, 0.29) is 17.3 Å². The Balaban J connectivity index is 1.92. The number of hydrogen-bond donors (Lipinski definition) is 1. The van der Waals surface area contributed by atoms with Gasteiger partial charge in [-0.3, -0.25) is 4.79 Å². The Labute approximate surface area is 152 Å². The Morgan fingerprint density at radius 1 is 1.38 bits per heavy atom. The van der Waals surface area contributed by atoms with Gasteiger partial charge in [-0.25, -0.2) is 9.59 Å². The third kappa shape index (κ3) is 2.06. The molecule has 1 N–H and O–H groups in total. The maximum absolute atomic E-state index is 13.5. The molecule has 26 heavy (non-hydrogen) atoms. The van der Waals surface area contributed by atoms with Gasteiger partial charge in [0.25, 0.3) is 0 Å². The second-order valence-corrected chi connectivity index (χ2v) is 7.87. The number of carbonyl (C=O) groups is 3. The zero-order chi connectivity index (χ0) is 18.5. The summed E-state index contributed by atoms with van der Waals surface area (Å²) in [7, 11) is 0. The van der Waals surface area contributed by atoms with Crippen LogP contribution in [0.15, 0.2) is 34.9 Å². The first-order valence-corrected chi connectivity index (χ1v) is 9.58.